The van der Waals surface area contributed by atoms with E-state index in [1.807, 2.05) is 97.1 Å². The van der Waals surface area contributed by atoms with Crippen molar-refractivity contribution in [3.8, 4) is 34.8 Å². The Labute approximate surface area is 231 Å². The van der Waals surface area contributed by atoms with Gasteiger partial charge in [-0.2, -0.15) is 15.0 Å². The number of pyridine rings is 1. The van der Waals surface area contributed by atoms with Crippen LogP contribution in [-0.4, -0.2) is 29.6 Å². The van der Waals surface area contributed by atoms with E-state index in [0.29, 0.717) is 22.6 Å². The van der Waals surface area contributed by atoms with E-state index in [9.17, 15) is 5.11 Å². The maximum Gasteiger partial charge on any atom is 0.322 e. The van der Waals surface area contributed by atoms with E-state index in [0.717, 1.165) is 33.1 Å². The second kappa shape index (κ2) is 9.69. The molecule has 4 aromatic carbocycles. The Balaban J connectivity index is 0.00000264. The zero-order valence-electron chi connectivity index (χ0n) is 19.7. The normalized spacial score (nSPS) is 11.1. The van der Waals surface area contributed by atoms with Crippen molar-refractivity contribution >= 4 is 32.8 Å². The summed E-state index contributed by atoms with van der Waals surface area (Å²) in [5.41, 5.74) is 4.56. The second-order valence-electron chi connectivity index (χ2n) is 8.50. The van der Waals surface area contributed by atoms with Gasteiger partial charge in [-0.1, -0.05) is 60.7 Å². The van der Waals surface area contributed by atoms with Gasteiger partial charge in [-0.15, -0.1) is 23.8 Å². The molecule has 0 saturated carbocycles. The Bertz CT molecular complexity index is 1950. The third-order valence-corrected chi connectivity index (χ3v) is 6.16. The Morgan fingerprint density at radius 1 is 0.658 bits per heavy atom. The molecular weight excluding hydrogens is 657 g/mol. The van der Waals surface area contributed by atoms with E-state index in [2.05, 4.69) is 21.0 Å². The van der Waals surface area contributed by atoms with Crippen LogP contribution in [0.25, 0.3) is 49.9 Å². The first kappa shape index (κ1) is 23.8. The topological polar surface area (TPSA) is 86.0 Å². The van der Waals surface area contributed by atoms with Gasteiger partial charge in [0, 0.05) is 32.2 Å². The van der Waals surface area contributed by atoms with E-state index < -0.39 is 0 Å². The zero-order chi connectivity index (χ0) is 24.8. The number of para-hydroxylation sites is 4. The molecule has 7 nitrogen and oxygen atoms in total. The number of aromatic nitrogens is 5. The SMILES string of the molecule is Oc1nc2ccccc2n1-c1nc(Oc2[c-]c(-c3ccc4ccccc4n3)ccc2)nc2ccccc12.[Pt]. The van der Waals surface area contributed by atoms with Crippen LogP contribution in [0.3, 0.4) is 0 Å². The predicted molar refractivity (Wildman–Crippen MR) is 142 cm³/mol. The molecule has 186 valence electrons. The van der Waals surface area contributed by atoms with Gasteiger partial charge in [-0.3, -0.25) is 4.98 Å². The minimum absolute atomic E-state index is 0. The van der Waals surface area contributed by atoms with Crippen LogP contribution >= 0.6 is 0 Å². The van der Waals surface area contributed by atoms with Gasteiger partial charge in [-0.05, 0) is 41.4 Å². The minimum Gasteiger partial charge on any atom is -0.480 e. The zero-order valence-corrected chi connectivity index (χ0v) is 22.0. The number of fused-ring (bicyclic) bond motifs is 3. The monoisotopic (exact) mass is 675 g/mol. The molecule has 0 aliphatic carbocycles. The van der Waals surface area contributed by atoms with Crippen LogP contribution in [-0.2, 0) is 21.1 Å². The molecule has 0 spiro atoms. The van der Waals surface area contributed by atoms with Gasteiger partial charge in [-0.25, -0.2) is 4.57 Å². The number of benzene rings is 4. The summed E-state index contributed by atoms with van der Waals surface area (Å²) in [6.07, 6.45) is 0. The summed E-state index contributed by atoms with van der Waals surface area (Å²) in [6.45, 7) is 0. The molecule has 0 atom stereocenters. The molecule has 3 aromatic heterocycles. The fourth-order valence-corrected chi connectivity index (χ4v) is 4.45. The van der Waals surface area contributed by atoms with Crippen LogP contribution < -0.4 is 4.74 Å². The molecule has 0 radical (unpaired) electrons. The summed E-state index contributed by atoms with van der Waals surface area (Å²) in [7, 11) is 0. The third-order valence-electron chi connectivity index (χ3n) is 6.16. The fourth-order valence-electron chi connectivity index (χ4n) is 4.45. The minimum atomic E-state index is -0.160. The summed E-state index contributed by atoms with van der Waals surface area (Å²) in [6, 6.07) is 35.9. The van der Waals surface area contributed by atoms with Crippen molar-refractivity contribution in [3.05, 3.63) is 109 Å². The van der Waals surface area contributed by atoms with Crippen molar-refractivity contribution in [1.29, 1.82) is 0 Å². The smallest absolute Gasteiger partial charge is 0.322 e. The van der Waals surface area contributed by atoms with Gasteiger partial charge >= 0.3 is 12.0 Å². The number of nitrogens with zero attached hydrogens (tertiary/aromatic N) is 5. The van der Waals surface area contributed by atoms with Gasteiger partial charge in [0.25, 0.3) is 0 Å². The van der Waals surface area contributed by atoms with Gasteiger partial charge in [0.1, 0.15) is 0 Å². The van der Waals surface area contributed by atoms with Crippen molar-refractivity contribution in [2.45, 2.75) is 0 Å². The van der Waals surface area contributed by atoms with Crippen molar-refractivity contribution in [2.24, 2.45) is 0 Å². The Kier molecular flexibility index (Phi) is 6.06. The summed E-state index contributed by atoms with van der Waals surface area (Å²) < 4.78 is 7.71. The van der Waals surface area contributed by atoms with Crippen LogP contribution in [0.2, 0.25) is 0 Å². The van der Waals surface area contributed by atoms with E-state index in [4.69, 9.17) is 9.72 Å². The molecule has 0 bridgehead atoms. The van der Waals surface area contributed by atoms with Crippen LogP contribution in [0.15, 0.2) is 103 Å². The van der Waals surface area contributed by atoms with E-state index in [1.165, 1.54) is 0 Å². The molecule has 7 aromatic rings. The predicted octanol–water partition coefficient (Wildman–Crippen LogP) is 6.48. The number of imidazole rings is 1. The standard InChI is InChI=1S/C30H18N5O2.Pt/c36-30-33-26-14-5-6-15-27(26)35(30)28-22-11-2-4-13-25(22)32-29(34-28)37-21-10-7-9-20(18-21)24-17-16-19-8-1-3-12-23(19)31-24;/h1-17H,(H,33,36);/q-1;. The molecule has 8 heteroatoms. The molecule has 0 aliphatic rings. The van der Waals surface area contributed by atoms with Crippen molar-refractivity contribution < 1.29 is 30.9 Å². The molecule has 0 saturated heterocycles. The quantitative estimate of drug-likeness (QED) is 0.215. The number of hydrogen-bond acceptors (Lipinski definition) is 6. The number of hydrogen-bond donors (Lipinski definition) is 1. The first-order valence-corrected chi connectivity index (χ1v) is 11.7. The van der Waals surface area contributed by atoms with Crippen LogP contribution in [0, 0.1) is 6.07 Å². The van der Waals surface area contributed by atoms with Crippen molar-refractivity contribution in [3.63, 3.8) is 0 Å². The molecular formula is C30H18N5O2Pt-. The number of aromatic hydroxyl groups is 1. The molecule has 0 aliphatic heterocycles. The average Bonchev–Trinajstić information content (AvgIpc) is 3.28. The largest absolute Gasteiger partial charge is 0.480 e. The van der Waals surface area contributed by atoms with Crippen LogP contribution in [0.5, 0.6) is 17.8 Å². The Hall–Kier alpha value is -4.61. The first-order valence-electron chi connectivity index (χ1n) is 11.7. The summed E-state index contributed by atoms with van der Waals surface area (Å²) in [5.74, 6) is 0.924. The van der Waals surface area contributed by atoms with Crippen molar-refractivity contribution in [1.82, 2.24) is 24.5 Å². The molecule has 0 amide bonds. The van der Waals surface area contributed by atoms with Crippen LogP contribution in [0.1, 0.15) is 0 Å². The second-order valence-corrected chi connectivity index (χ2v) is 8.50. The molecule has 38 heavy (non-hydrogen) atoms. The first-order chi connectivity index (χ1) is 18.2. The molecule has 0 unspecified atom stereocenters. The molecule has 7 rings (SSSR count). The van der Waals surface area contributed by atoms with Gasteiger partial charge in [0.2, 0.25) is 0 Å². The molecule has 3 heterocycles. The Morgan fingerprint density at radius 2 is 1.42 bits per heavy atom. The Morgan fingerprint density at radius 3 is 2.32 bits per heavy atom. The van der Waals surface area contributed by atoms with Crippen LogP contribution in [0.4, 0.5) is 0 Å². The molecule has 1 N–H and O–H groups in total. The van der Waals surface area contributed by atoms with E-state index in [1.54, 1.807) is 10.6 Å². The van der Waals surface area contributed by atoms with Crippen molar-refractivity contribution in [2.75, 3.05) is 0 Å². The number of rotatable bonds is 4. The molecule has 0 fully saturated rings. The number of ether oxygens (including phenoxy) is 1. The van der Waals surface area contributed by atoms with E-state index >= 15 is 0 Å². The van der Waals surface area contributed by atoms with Gasteiger partial charge in [0.05, 0.1) is 22.1 Å². The fraction of sp³-hybridized carbons (Fsp3) is 0. The summed E-state index contributed by atoms with van der Waals surface area (Å²) in [5, 5.41) is 12.5. The average molecular weight is 676 g/mol. The van der Waals surface area contributed by atoms with Gasteiger partial charge < -0.3 is 9.84 Å². The summed E-state index contributed by atoms with van der Waals surface area (Å²) in [4.78, 5) is 18.3. The van der Waals surface area contributed by atoms with Gasteiger partial charge in [0.15, 0.2) is 5.82 Å². The summed E-state index contributed by atoms with van der Waals surface area (Å²) >= 11 is 0. The maximum absolute atomic E-state index is 10.7. The maximum atomic E-state index is 10.7. The third kappa shape index (κ3) is 4.17. The van der Waals surface area contributed by atoms with E-state index in [-0.39, 0.29) is 33.1 Å².